The van der Waals surface area contributed by atoms with Gasteiger partial charge in [-0.05, 0) is 49.9 Å². The van der Waals surface area contributed by atoms with Gasteiger partial charge < -0.3 is 10.6 Å². The Labute approximate surface area is 193 Å². The molecular formula is C22H31N5O5S. The average molecular weight is 478 g/mol. The largest absolute Gasteiger partial charge is 0.383 e. The molecule has 10 nitrogen and oxygen atoms in total. The third-order valence-electron chi connectivity index (χ3n) is 5.72. The van der Waals surface area contributed by atoms with E-state index in [1.807, 2.05) is 13.8 Å². The second-order valence-electron chi connectivity index (χ2n) is 8.09. The molecule has 3 rings (SSSR count). The fraction of sp³-hybridized carbons (Fsp3) is 0.500. The molecule has 33 heavy (non-hydrogen) atoms. The number of sulfonamides is 1. The van der Waals surface area contributed by atoms with Crippen LogP contribution in [0.3, 0.4) is 0 Å². The van der Waals surface area contributed by atoms with Crippen LogP contribution in [0.25, 0.3) is 0 Å². The van der Waals surface area contributed by atoms with Gasteiger partial charge in [0.05, 0.1) is 4.90 Å². The first-order valence-corrected chi connectivity index (χ1v) is 12.7. The number of carbonyl (C=O) groups is 1. The van der Waals surface area contributed by atoms with E-state index in [1.165, 1.54) is 38.0 Å². The highest BCUT2D eigenvalue weighted by Crippen LogP contribution is 2.23. The van der Waals surface area contributed by atoms with Crippen LogP contribution in [0.2, 0.25) is 0 Å². The monoisotopic (exact) mass is 477 g/mol. The first kappa shape index (κ1) is 24.7. The van der Waals surface area contributed by atoms with Crippen molar-refractivity contribution < 1.29 is 13.2 Å². The lowest BCUT2D eigenvalue weighted by atomic mass is 10.2. The Bertz CT molecular complexity index is 1210. The minimum atomic E-state index is -3.60. The van der Waals surface area contributed by atoms with Gasteiger partial charge >= 0.3 is 5.69 Å². The number of hydrogen-bond acceptors (Lipinski definition) is 6. The van der Waals surface area contributed by atoms with Crippen LogP contribution < -0.4 is 21.9 Å². The number of nitrogens with one attached hydrogen (secondary N) is 1. The molecule has 1 amide bonds. The molecule has 0 bridgehead atoms. The second kappa shape index (κ2) is 10.3. The van der Waals surface area contributed by atoms with Gasteiger partial charge in [-0.3, -0.25) is 19.1 Å². The zero-order valence-corrected chi connectivity index (χ0v) is 19.9. The van der Waals surface area contributed by atoms with Crippen molar-refractivity contribution in [1.82, 2.24) is 13.9 Å². The van der Waals surface area contributed by atoms with Gasteiger partial charge in [0, 0.05) is 31.7 Å². The second-order valence-corrected chi connectivity index (χ2v) is 10.0. The van der Waals surface area contributed by atoms with Gasteiger partial charge in [-0.2, -0.15) is 4.31 Å². The summed E-state index contributed by atoms with van der Waals surface area (Å²) < 4.78 is 28.2. The van der Waals surface area contributed by atoms with Crippen molar-refractivity contribution in [3.8, 4) is 0 Å². The molecule has 0 atom stereocenters. The van der Waals surface area contributed by atoms with E-state index in [1.54, 1.807) is 0 Å². The first-order chi connectivity index (χ1) is 15.7. The molecule has 0 spiro atoms. The van der Waals surface area contributed by atoms with Crippen LogP contribution >= 0.6 is 0 Å². The summed E-state index contributed by atoms with van der Waals surface area (Å²) >= 11 is 0. The molecule has 1 aromatic carbocycles. The average Bonchev–Trinajstić information content (AvgIpc) is 3.34. The Morgan fingerprint density at radius 1 is 1.09 bits per heavy atom. The number of nitrogens with two attached hydrogens (primary N) is 1. The molecule has 0 saturated carbocycles. The smallest absolute Gasteiger partial charge is 0.330 e. The van der Waals surface area contributed by atoms with Crippen molar-refractivity contribution in [2.24, 2.45) is 0 Å². The number of rotatable bonds is 9. The fourth-order valence-corrected chi connectivity index (χ4v) is 5.43. The number of anilines is 2. The van der Waals surface area contributed by atoms with Gasteiger partial charge in [0.25, 0.3) is 11.5 Å². The van der Waals surface area contributed by atoms with Gasteiger partial charge in [-0.15, -0.1) is 0 Å². The Balaban J connectivity index is 1.97. The van der Waals surface area contributed by atoms with Gasteiger partial charge in [0.15, 0.2) is 5.69 Å². The van der Waals surface area contributed by atoms with E-state index < -0.39 is 27.2 Å². The molecular weight excluding hydrogens is 446 g/mol. The van der Waals surface area contributed by atoms with Crippen LogP contribution in [0.5, 0.6) is 0 Å². The summed E-state index contributed by atoms with van der Waals surface area (Å²) in [5.41, 5.74) is 4.98. The summed E-state index contributed by atoms with van der Waals surface area (Å²) in [6.07, 6.45) is 3.71. The van der Waals surface area contributed by atoms with Gasteiger partial charge in [0.2, 0.25) is 10.0 Å². The number of carbonyl (C=O) groups excluding carboxylic acids is 1. The molecule has 1 saturated heterocycles. The highest BCUT2D eigenvalue weighted by Gasteiger charge is 2.28. The molecule has 2 aromatic rings. The van der Waals surface area contributed by atoms with Crippen molar-refractivity contribution in [3.63, 3.8) is 0 Å². The number of aromatic nitrogens is 2. The van der Waals surface area contributed by atoms with Crippen molar-refractivity contribution in [2.45, 2.75) is 57.4 Å². The maximum absolute atomic E-state index is 13.3. The lowest BCUT2D eigenvalue weighted by Crippen LogP contribution is -2.41. The van der Waals surface area contributed by atoms with Crippen LogP contribution in [-0.2, 0) is 16.6 Å². The van der Waals surface area contributed by atoms with Crippen LogP contribution in [0, 0.1) is 0 Å². The van der Waals surface area contributed by atoms with Crippen molar-refractivity contribution in [1.29, 1.82) is 0 Å². The lowest BCUT2D eigenvalue weighted by molar-refractivity contribution is 0.0986. The van der Waals surface area contributed by atoms with Crippen molar-refractivity contribution in [3.05, 3.63) is 50.7 Å². The summed E-state index contributed by atoms with van der Waals surface area (Å²) in [5.74, 6) is -0.563. The summed E-state index contributed by atoms with van der Waals surface area (Å²) in [4.78, 5) is 41.8. The Kier molecular flexibility index (Phi) is 7.75. The quantitative estimate of drug-likeness (QED) is 0.564. The van der Waals surface area contributed by atoms with Crippen LogP contribution in [-0.4, -0.2) is 47.8 Å². The summed E-state index contributed by atoms with van der Waals surface area (Å²) in [6, 6.07) is 5.68. The SMILES string of the molecule is CCCCn1c(N)c(N(CCC)C(=O)c2ccc(S(=O)(=O)N3CCCC3)cc2)c(=O)[nH]c1=O. The summed E-state index contributed by atoms with van der Waals surface area (Å²) in [5, 5.41) is 0. The minimum absolute atomic E-state index is 0.0627. The molecule has 11 heteroatoms. The normalized spacial score (nSPS) is 14.5. The van der Waals surface area contributed by atoms with E-state index in [4.69, 9.17) is 5.73 Å². The highest BCUT2D eigenvalue weighted by atomic mass is 32.2. The van der Waals surface area contributed by atoms with Crippen molar-refractivity contribution in [2.75, 3.05) is 30.3 Å². The topological polar surface area (TPSA) is 139 Å². The zero-order chi connectivity index (χ0) is 24.2. The first-order valence-electron chi connectivity index (χ1n) is 11.3. The molecule has 2 heterocycles. The van der Waals surface area contributed by atoms with E-state index in [2.05, 4.69) is 4.98 Å². The van der Waals surface area contributed by atoms with Gasteiger partial charge in [0.1, 0.15) is 5.82 Å². The van der Waals surface area contributed by atoms with Crippen LogP contribution in [0.4, 0.5) is 11.5 Å². The number of nitrogen functional groups attached to an aromatic ring is 1. The van der Waals surface area contributed by atoms with Crippen molar-refractivity contribution >= 4 is 27.4 Å². The number of benzene rings is 1. The third kappa shape index (κ3) is 5.03. The fourth-order valence-electron chi connectivity index (χ4n) is 3.92. The molecule has 1 fully saturated rings. The molecule has 1 aliphatic heterocycles. The molecule has 1 aliphatic rings. The van der Waals surface area contributed by atoms with E-state index in [-0.39, 0.29) is 28.5 Å². The maximum Gasteiger partial charge on any atom is 0.330 e. The van der Waals surface area contributed by atoms with Crippen LogP contribution in [0.1, 0.15) is 56.3 Å². The predicted octanol–water partition coefficient (Wildman–Crippen LogP) is 1.76. The summed E-state index contributed by atoms with van der Waals surface area (Å²) in [7, 11) is -3.60. The molecule has 0 aliphatic carbocycles. The number of amides is 1. The number of unbranched alkanes of at least 4 members (excludes halogenated alkanes) is 1. The third-order valence-corrected chi connectivity index (χ3v) is 7.63. The lowest BCUT2D eigenvalue weighted by Gasteiger charge is -2.24. The predicted molar refractivity (Wildman–Crippen MR) is 127 cm³/mol. The number of nitrogens with zero attached hydrogens (tertiary/aromatic N) is 3. The Morgan fingerprint density at radius 2 is 1.73 bits per heavy atom. The molecule has 3 N–H and O–H groups in total. The number of hydrogen-bond donors (Lipinski definition) is 2. The zero-order valence-electron chi connectivity index (χ0n) is 19.0. The number of aromatic amines is 1. The molecule has 180 valence electrons. The van der Waals surface area contributed by atoms with E-state index >= 15 is 0 Å². The minimum Gasteiger partial charge on any atom is -0.383 e. The summed E-state index contributed by atoms with van der Waals surface area (Å²) in [6.45, 7) is 5.32. The Morgan fingerprint density at radius 3 is 2.30 bits per heavy atom. The van der Waals surface area contributed by atoms with E-state index in [0.29, 0.717) is 32.5 Å². The van der Waals surface area contributed by atoms with Gasteiger partial charge in [-0.1, -0.05) is 20.3 Å². The maximum atomic E-state index is 13.3. The van der Waals surface area contributed by atoms with E-state index in [0.717, 1.165) is 19.3 Å². The highest BCUT2D eigenvalue weighted by molar-refractivity contribution is 7.89. The molecule has 0 radical (unpaired) electrons. The number of H-pyrrole nitrogens is 1. The van der Waals surface area contributed by atoms with Gasteiger partial charge in [-0.25, -0.2) is 13.2 Å². The molecule has 1 aromatic heterocycles. The standard InChI is InChI=1S/C22H31N5O5S/c1-3-5-15-27-19(23)18(20(28)24-22(27)30)26(12-4-2)21(29)16-8-10-17(11-9-16)33(31,32)25-13-6-7-14-25/h8-11H,3-7,12-15,23H2,1-2H3,(H,24,28,30). The van der Waals surface area contributed by atoms with E-state index in [9.17, 15) is 22.8 Å². The van der Waals surface area contributed by atoms with Crippen LogP contribution in [0.15, 0.2) is 38.8 Å². The Hall–Kier alpha value is -2.92. The molecule has 0 unspecified atom stereocenters.